The number of aliphatic hydroxyl groups is 1. The third-order valence-corrected chi connectivity index (χ3v) is 4.00. The van der Waals surface area contributed by atoms with Crippen LogP contribution in [0.5, 0.6) is 0 Å². The van der Waals surface area contributed by atoms with Gasteiger partial charge in [0.2, 0.25) is 0 Å². The fourth-order valence-corrected chi connectivity index (χ4v) is 2.75. The van der Waals surface area contributed by atoms with E-state index in [1.807, 2.05) is 41.8 Å². The Morgan fingerprint density at radius 1 is 1.30 bits per heavy atom. The Morgan fingerprint density at radius 3 is 2.78 bits per heavy atom. The first-order valence-electron chi connectivity index (χ1n) is 7.66. The molecule has 0 saturated heterocycles. The summed E-state index contributed by atoms with van der Waals surface area (Å²) in [5.74, 6) is 0.212. The Kier molecular flexibility index (Phi) is 3.96. The Morgan fingerprint density at radius 2 is 2.09 bits per heavy atom. The van der Waals surface area contributed by atoms with Crippen LogP contribution in [-0.2, 0) is 12.1 Å². The largest absolute Gasteiger partial charge is 0.466 e. The van der Waals surface area contributed by atoms with E-state index < -0.39 is 5.60 Å². The highest BCUT2D eigenvalue weighted by Crippen LogP contribution is 2.22. The van der Waals surface area contributed by atoms with Gasteiger partial charge in [0.25, 0.3) is 5.91 Å². The Bertz CT molecular complexity index is 816. The van der Waals surface area contributed by atoms with Gasteiger partial charge in [-0.3, -0.25) is 4.79 Å². The molecule has 0 bridgehead atoms. The molecule has 0 aliphatic heterocycles. The molecule has 1 atom stereocenters. The Hall–Kier alpha value is -2.53. The SMILES string of the molecule is CCn1c(C(=O)NCC(C)(O)c2ccco2)cc2ccccc21. The van der Waals surface area contributed by atoms with Gasteiger partial charge in [-0.25, -0.2) is 0 Å². The molecule has 3 aromatic rings. The molecular weight excluding hydrogens is 292 g/mol. The van der Waals surface area contributed by atoms with E-state index in [2.05, 4.69) is 5.32 Å². The van der Waals surface area contributed by atoms with E-state index in [9.17, 15) is 9.90 Å². The van der Waals surface area contributed by atoms with Crippen LogP contribution >= 0.6 is 0 Å². The second-order valence-electron chi connectivity index (χ2n) is 5.77. The van der Waals surface area contributed by atoms with E-state index in [1.54, 1.807) is 19.1 Å². The average Bonchev–Trinajstić information content (AvgIpc) is 3.20. The number of hydrogen-bond acceptors (Lipinski definition) is 3. The first kappa shape index (κ1) is 15.4. The highest BCUT2D eigenvalue weighted by Gasteiger charge is 2.27. The predicted octanol–water partition coefficient (Wildman–Crippen LogP) is 2.89. The molecule has 0 aliphatic carbocycles. The van der Waals surface area contributed by atoms with Crippen LogP contribution in [0.4, 0.5) is 0 Å². The van der Waals surface area contributed by atoms with Crippen molar-refractivity contribution in [3.05, 3.63) is 60.2 Å². The quantitative estimate of drug-likeness (QED) is 0.761. The average molecular weight is 312 g/mol. The standard InChI is InChI=1S/C18H20N2O3/c1-3-20-14-8-5-4-7-13(14)11-15(20)17(21)19-12-18(2,22)16-9-6-10-23-16/h4-11,22H,3,12H2,1-2H3,(H,19,21). The maximum Gasteiger partial charge on any atom is 0.268 e. The number of nitrogens with one attached hydrogen (secondary N) is 1. The molecular formula is C18H20N2O3. The molecule has 3 rings (SSSR count). The number of aryl methyl sites for hydroxylation is 1. The summed E-state index contributed by atoms with van der Waals surface area (Å²) in [6.45, 7) is 4.39. The number of fused-ring (bicyclic) bond motifs is 1. The van der Waals surface area contributed by atoms with Gasteiger partial charge in [0.15, 0.2) is 0 Å². The fraction of sp³-hybridized carbons (Fsp3) is 0.278. The van der Waals surface area contributed by atoms with Gasteiger partial charge < -0.3 is 19.4 Å². The molecule has 2 aromatic heterocycles. The van der Waals surface area contributed by atoms with Crippen LogP contribution in [0.1, 0.15) is 30.1 Å². The molecule has 2 heterocycles. The van der Waals surface area contributed by atoms with Gasteiger partial charge in [-0.2, -0.15) is 0 Å². The van der Waals surface area contributed by atoms with E-state index in [0.29, 0.717) is 18.0 Å². The summed E-state index contributed by atoms with van der Waals surface area (Å²) in [6, 6.07) is 13.2. The third kappa shape index (κ3) is 2.87. The molecule has 5 heteroatoms. The van der Waals surface area contributed by atoms with Gasteiger partial charge >= 0.3 is 0 Å². The molecule has 0 radical (unpaired) electrons. The number of rotatable bonds is 5. The number of nitrogens with zero attached hydrogens (tertiary/aromatic N) is 1. The third-order valence-electron chi connectivity index (χ3n) is 4.00. The van der Waals surface area contributed by atoms with Crippen molar-refractivity contribution < 1.29 is 14.3 Å². The maximum absolute atomic E-state index is 12.5. The summed E-state index contributed by atoms with van der Waals surface area (Å²) in [5, 5.41) is 14.2. The van der Waals surface area contributed by atoms with Crippen LogP contribution < -0.4 is 5.32 Å². The molecule has 0 fully saturated rings. The number of para-hydroxylation sites is 1. The zero-order valence-corrected chi connectivity index (χ0v) is 13.2. The number of aromatic nitrogens is 1. The summed E-state index contributed by atoms with van der Waals surface area (Å²) in [4.78, 5) is 12.5. The van der Waals surface area contributed by atoms with Gasteiger partial charge in [-0.15, -0.1) is 0 Å². The lowest BCUT2D eigenvalue weighted by Crippen LogP contribution is -2.39. The Balaban J connectivity index is 1.81. The van der Waals surface area contributed by atoms with Crippen LogP contribution in [0.25, 0.3) is 10.9 Å². The van der Waals surface area contributed by atoms with Crippen molar-refractivity contribution in [1.29, 1.82) is 0 Å². The number of carbonyl (C=O) groups is 1. The lowest BCUT2D eigenvalue weighted by atomic mass is 10.0. The summed E-state index contributed by atoms with van der Waals surface area (Å²) in [6.07, 6.45) is 1.50. The van der Waals surface area contributed by atoms with Gasteiger partial charge in [0.1, 0.15) is 17.1 Å². The minimum absolute atomic E-state index is 0.0740. The Labute approximate surface area is 134 Å². The van der Waals surface area contributed by atoms with E-state index in [0.717, 1.165) is 10.9 Å². The number of carbonyl (C=O) groups excluding carboxylic acids is 1. The van der Waals surface area contributed by atoms with E-state index in [1.165, 1.54) is 6.26 Å². The summed E-state index contributed by atoms with van der Waals surface area (Å²) < 4.78 is 7.19. The molecule has 23 heavy (non-hydrogen) atoms. The lowest BCUT2D eigenvalue weighted by Gasteiger charge is -2.21. The van der Waals surface area contributed by atoms with Crippen molar-refractivity contribution >= 4 is 16.8 Å². The molecule has 0 aliphatic rings. The van der Waals surface area contributed by atoms with Crippen molar-refractivity contribution in [3.8, 4) is 0 Å². The van der Waals surface area contributed by atoms with Gasteiger partial charge in [-0.1, -0.05) is 18.2 Å². The maximum atomic E-state index is 12.5. The van der Waals surface area contributed by atoms with Crippen molar-refractivity contribution in [3.63, 3.8) is 0 Å². The monoisotopic (exact) mass is 312 g/mol. The molecule has 2 N–H and O–H groups in total. The normalized spacial score (nSPS) is 13.9. The van der Waals surface area contributed by atoms with E-state index in [-0.39, 0.29) is 12.5 Å². The molecule has 1 amide bonds. The van der Waals surface area contributed by atoms with Crippen LogP contribution in [0.15, 0.2) is 53.1 Å². The molecule has 0 saturated carbocycles. The number of hydrogen-bond donors (Lipinski definition) is 2. The first-order valence-corrected chi connectivity index (χ1v) is 7.66. The zero-order chi connectivity index (χ0) is 16.4. The van der Waals surface area contributed by atoms with Crippen LogP contribution in [0.3, 0.4) is 0 Å². The second-order valence-corrected chi connectivity index (χ2v) is 5.77. The highest BCUT2D eigenvalue weighted by molar-refractivity contribution is 5.98. The number of benzene rings is 1. The van der Waals surface area contributed by atoms with E-state index in [4.69, 9.17) is 4.42 Å². The van der Waals surface area contributed by atoms with Crippen molar-refractivity contribution in [2.24, 2.45) is 0 Å². The van der Waals surface area contributed by atoms with Gasteiger partial charge in [-0.05, 0) is 38.1 Å². The minimum atomic E-state index is -1.25. The number of amides is 1. The predicted molar refractivity (Wildman–Crippen MR) is 88.2 cm³/mol. The van der Waals surface area contributed by atoms with E-state index >= 15 is 0 Å². The molecule has 1 aromatic carbocycles. The molecule has 1 unspecified atom stereocenters. The summed E-state index contributed by atoms with van der Waals surface area (Å²) in [5.41, 5.74) is 0.365. The topological polar surface area (TPSA) is 67.4 Å². The minimum Gasteiger partial charge on any atom is -0.466 e. The van der Waals surface area contributed by atoms with Crippen LogP contribution in [0.2, 0.25) is 0 Å². The second kappa shape index (κ2) is 5.93. The van der Waals surface area contributed by atoms with Crippen LogP contribution in [0, 0.1) is 0 Å². The van der Waals surface area contributed by atoms with Gasteiger partial charge in [0, 0.05) is 17.4 Å². The molecule has 0 spiro atoms. The van der Waals surface area contributed by atoms with Crippen molar-refractivity contribution in [2.45, 2.75) is 26.0 Å². The highest BCUT2D eigenvalue weighted by atomic mass is 16.4. The molecule has 120 valence electrons. The number of furan rings is 1. The smallest absolute Gasteiger partial charge is 0.268 e. The fourth-order valence-electron chi connectivity index (χ4n) is 2.75. The molecule has 5 nitrogen and oxygen atoms in total. The van der Waals surface area contributed by atoms with Gasteiger partial charge in [0.05, 0.1) is 12.8 Å². The zero-order valence-electron chi connectivity index (χ0n) is 13.2. The van der Waals surface area contributed by atoms with Crippen LogP contribution in [-0.4, -0.2) is 22.1 Å². The summed E-state index contributed by atoms with van der Waals surface area (Å²) in [7, 11) is 0. The van der Waals surface area contributed by atoms with Crippen molar-refractivity contribution in [2.75, 3.05) is 6.54 Å². The van der Waals surface area contributed by atoms with Crippen molar-refractivity contribution in [1.82, 2.24) is 9.88 Å². The summed E-state index contributed by atoms with van der Waals surface area (Å²) >= 11 is 0. The lowest BCUT2D eigenvalue weighted by molar-refractivity contribution is 0.0329. The first-order chi connectivity index (χ1) is 11.0.